The van der Waals surface area contributed by atoms with Gasteiger partial charge in [0.05, 0.1) is 0 Å². The molecule has 2 N–H and O–H groups in total. The number of aromatic nitrogens is 3. The molecule has 1 fully saturated rings. The Labute approximate surface area is 125 Å². The fraction of sp³-hybridized carbons (Fsp3) is 0.385. The normalized spacial score (nSPS) is 14.7. The minimum absolute atomic E-state index is 0.209. The number of benzene rings is 1. The number of hydrogen-bond acceptors (Lipinski definition) is 4. The summed E-state index contributed by atoms with van der Waals surface area (Å²) in [6.07, 6.45) is 2.49. The Balaban J connectivity index is 1.83. The van der Waals surface area contributed by atoms with Crippen molar-refractivity contribution in [1.29, 1.82) is 0 Å². The molecule has 0 aliphatic heterocycles. The third kappa shape index (κ3) is 3.08. The quantitative estimate of drug-likeness (QED) is 0.888. The van der Waals surface area contributed by atoms with Gasteiger partial charge < -0.3 is 5.32 Å². The van der Waals surface area contributed by atoms with Crippen LogP contribution in [0.15, 0.2) is 33.0 Å². The predicted octanol–water partition coefficient (Wildman–Crippen LogP) is 2.16. The summed E-state index contributed by atoms with van der Waals surface area (Å²) in [5.41, 5.74) is 0.920. The van der Waals surface area contributed by atoms with Gasteiger partial charge in [0.15, 0.2) is 5.16 Å². The molecule has 0 spiro atoms. The van der Waals surface area contributed by atoms with Gasteiger partial charge in [0, 0.05) is 29.6 Å². The highest BCUT2D eigenvalue weighted by atomic mass is 35.5. The van der Waals surface area contributed by atoms with Crippen molar-refractivity contribution < 1.29 is 0 Å². The highest BCUT2D eigenvalue weighted by molar-refractivity contribution is 7.99. The summed E-state index contributed by atoms with van der Waals surface area (Å²) < 4.78 is 1.50. The van der Waals surface area contributed by atoms with E-state index in [0.29, 0.717) is 11.2 Å². The first-order valence-corrected chi connectivity index (χ1v) is 7.64. The standard InChI is InChI=1S/C13H15ClN4OS/c1-18-12(19)16-17-13(18)20-11-5-2-9(14)6-8(11)7-15-10-3-4-10/h2,5-6,10,15H,3-4,7H2,1H3,(H,16,19). The highest BCUT2D eigenvalue weighted by Gasteiger charge is 2.21. The molecule has 0 atom stereocenters. The average molecular weight is 311 g/mol. The number of halogens is 1. The van der Waals surface area contributed by atoms with E-state index in [2.05, 4.69) is 15.5 Å². The maximum Gasteiger partial charge on any atom is 0.343 e. The Kier molecular flexibility index (Phi) is 3.87. The predicted molar refractivity (Wildman–Crippen MR) is 79.3 cm³/mol. The van der Waals surface area contributed by atoms with Crippen molar-refractivity contribution in [3.63, 3.8) is 0 Å². The van der Waals surface area contributed by atoms with Gasteiger partial charge in [0.1, 0.15) is 0 Å². The summed E-state index contributed by atoms with van der Waals surface area (Å²) in [6.45, 7) is 0.784. The molecule has 3 rings (SSSR count). The molecule has 20 heavy (non-hydrogen) atoms. The molecule has 0 unspecified atom stereocenters. The number of nitrogens with zero attached hydrogens (tertiary/aromatic N) is 2. The van der Waals surface area contributed by atoms with Gasteiger partial charge in [-0.2, -0.15) is 0 Å². The minimum atomic E-state index is -0.209. The molecule has 0 amide bonds. The first kappa shape index (κ1) is 13.7. The van der Waals surface area contributed by atoms with Crippen molar-refractivity contribution >= 4 is 23.4 Å². The maximum atomic E-state index is 11.4. The molecule has 0 bridgehead atoms. The average Bonchev–Trinajstić information content (AvgIpc) is 3.21. The van der Waals surface area contributed by atoms with E-state index >= 15 is 0 Å². The van der Waals surface area contributed by atoms with Crippen molar-refractivity contribution in [3.05, 3.63) is 39.3 Å². The topological polar surface area (TPSA) is 62.7 Å². The second kappa shape index (κ2) is 5.63. The molecule has 0 saturated heterocycles. The van der Waals surface area contributed by atoms with Gasteiger partial charge in [-0.15, -0.1) is 5.10 Å². The monoisotopic (exact) mass is 310 g/mol. The van der Waals surface area contributed by atoms with Crippen molar-refractivity contribution in [1.82, 2.24) is 20.1 Å². The van der Waals surface area contributed by atoms with Crippen LogP contribution < -0.4 is 11.0 Å². The van der Waals surface area contributed by atoms with Crippen LogP contribution in [0.3, 0.4) is 0 Å². The van der Waals surface area contributed by atoms with Crippen molar-refractivity contribution in [2.45, 2.75) is 35.5 Å². The molecule has 2 aromatic rings. The van der Waals surface area contributed by atoms with Crippen molar-refractivity contribution in [3.8, 4) is 0 Å². The van der Waals surface area contributed by atoms with Gasteiger partial charge in [-0.25, -0.2) is 9.89 Å². The largest absolute Gasteiger partial charge is 0.343 e. The van der Waals surface area contributed by atoms with Gasteiger partial charge in [-0.3, -0.25) is 4.57 Å². The van der Waals surface area contributed by atoms with E-state index in [1.54, 1.807) is 7.05 Å². The fourth-order valence-electron chi connectivity index (χ4n) is 1.85. The van der Waals surface area contributed by atoms with Gasteiger partial charge in [-0.05, 0) is 48.4 Å². The molecule has 1 saturated carbocycles. The van der Waals surface area contributed by atoms with E-state index in [1.807, 2.05) is 18.2 Å². The first-order chi connectivity index (χ1) is 9.63. The van der Waals surface area contributed by atoms with Crippen LogP contribution in [0.4, 0.5) is 0 Å². The molecule has 7 heteroatoms. The summed E-state index contributed by atoms with van der Waals surface area (Å²) in [5, 5.41) is 11.3. The third-order valence-corrected chi connectivity index (χ3v) is 4.62. The second-order valence-corrected chi connectivity index (χ2v) is 6.33. The van der Waals surface area contributed by atoms with Gasteiger partial charge in [0.25, 0.3) is 0 Å². The van der Waals surface area contributed by atoms with Crippen LogP contribution in [0.1, 0.15) is 18.4 Å². The summed E-state index contributed by atoms with van der Waals surface area (Å²) in [4.78, 5) is 12.5. The number of aromatic amines is 1. The number of H-pyrrole nitrogens is 1. The zero-order valence-corrected chi connectivity index (χ0v) is 12.6. The number of hydrogen-bond donors (Lipinski definition) is 2. The molecule has 5 nitrogen and oxygen atoms in total. The molecule has 1 aliphatic rings. The summed E-state index contributed by atoms with van der Waals surface area (Å²) in [6, 6.07) is 6.43. The van der Waals surface area contributed by atoms with Gasteiger partial charge in [-0.1, -0.05) is 11.6 Å². The minimum Gasteiger partial charge on any atom is -0.310 e. The Morgan fingerprint density at radius 2 is 2.35 bits per heavy atom. The van der Waals surface area contributed by atoms with Crippen molar-refractivity contribution in [2.75, 3.05) is 0 Å². The summed E-state index contributed by atoms with van der Waals surface area (Å²) >= 11 is 7.54. The van der Waals surface area contributed by atoms with Gasteiger partial charge in [0.2, 0.25) is 0 Å². The SMILES string of the molecule is Cn1c(Sc2ccc(Cl)cc2CNC2CC2)n[nH]c1=O. The third-order valence-electron chi connectivity index (χ3n) is 3.22. The smallest absolute Gasteiger partial charge is 0.310 e. The van der Waals surface area contributed by atoms with Gasteiger partial charge >= 0.3 is 5.69 Å². The Hall–Kier alpha value is -1.24. The van der Waals surface area contributed by atoms with Crippen LogP contribution in [0.5, 0.6) is 0 Å². The number of rotatable bonds is 5. The molecule has 0 radical (unpaired) electrons. The zero-order chi connectivity index (χ0) is 14.1. The van der Waals surface area contributed by atoms with Crippen LogP contribution in [-0.2, 0) is 13.6 Å². The molecule has 1 aromatic heterocycles. The number of nitrogens with one attached hydrogen (secondary N) is 2. The van der Waals surface area contributed by atoms with E-state index in [4.69, 9.17) is 11.6 Å². The summed E-state index contributed by atoms with van der Waals surface area (Å²) in [5.74, 6) is 0. The lowest BCUT2D eigenvalue weighted by Gasteiger charge is -2.10. The van der Waals surface area contributed by atoms with E-state index in [9.17, 15) is 4.79 Å². The van der Waals surface area contributed by atoms with E-state index in [0.717, 1.165) is 22.0 Å². The zero-order valence-electron chi connectivity index (χ0n) is 11.0. The Bertz CT molecular complexity index is 677. The molecule has 1 aliphatic carbocycles. The van der Waals surface area contributed by atoms with Crippen molar-refractivity contribution in [2.24, 2.45) is 7.05 Å². The second-order valence-electron chi connectivity index (χ2n) is 4.88. The Morgan fingerprint density at radius 3 is 3.00 bits per heavy atom. The maximum absolute atomic E-state index is 11.4. The van der Waals surface area contributed by atoms with Crippen LogP contribution in [-0.4, -0.2) is 20.8 Å². The van der Waals surface area contributed by atoms with E-state index < -0.39 is 0 Å². The highest BCUT2D eigenvalue weighted by Crippen LogP contribution is 2.30. The van der Waals surface area contributed by atoms with Crippen LogP contribution in [0.2, 0.25) is 5.02 Å². The lowest BCUT2D eigenvalue weighted by molar-refractivity contribution is 0.680. The van der Waals surface area contributed by atoms with E-state index in [1.165, 1.54) is 29.2 Å². The Morgan fingerprint density at radius 1 is 1.55 bits per heavy atom. The first-order valence-electron chi connectivity index (χ1n) is 6.44. The lowest BCUT2D eigenvalue weighted by Crippen LogP contribution is -2.16. The molecular weight excluding hydrogens is 296 g/mol. The molecule has 106 valence electrons. The van der Waals surface area contributed by atoms with Crippen LogP contribution in [0.25, 0.3) is 0 Å². The van der Waals surface area contributed by atoms with Crippen LogP contribution in [0, 0.1) is 0 Å². The van der Waals surface area contributed by atoms with E-state index in [-0.39, 0.29) is 5.69 Å². The summed E-state index contributed by atoms with van der Waals surface area (Å²) in [7, 11) is 1.70. The van der Waals surface area contributed by atoms with Crippen LogP contribution >= 0.6 is 23.4 Å². The molecule has 1 aromatic carbocycles. The molecule has 1 heterocycles. The fourth-order valence-corrected chi connectivity index (χ4v) is 2.95. The lowest BCUT2D eigenvalue weighted by atomic mass is 10.2. The molecular formula is C13H15ClN4OS.